The lowest BCUT2D eigenvalue weighted by Gasteiger charge is -2.02. The van der Waals surface area contributed by atoms with Crippen molar-refractivity contribution in [1.29, 1.82) is 0 Å². The Morgan fingerprint density at radius 2 is 2.15 bits per heavy atom. The predicted molar refractivity (Wildman–Crippen MR) is 57.3 cm³/mol. The van der Waals surface area contributed by atoms with E-state index in [1.54, 1.807) is 0 Å². The summed E-state index contributed by atoms with van der Waals surface area (Å²) in [5, 5.41) is 2.04. The first-order valence-electron chi connectivity index (χ1n) is 4.57. The number of halogens is 1. The smallest absolute Gasteiger partial charge is 0.0531 e. The molecule has 68 valence electrons. The van der Waals surface area contributed by atoms with Gasteiger partial charge in [-0.05, 0) is 24.1 Å². The summed E-state index contributed by atoms with van der Waals surface area (Å²) < 4.78 is 0. The third-order valence-electron chi connectivity index (χ3n) is 2.27. The van der Waals surface area contributed by atoms with Crippen molar-refractivity contribution in [1.82, 2.24) is 4.98 Å². The highest BCUT2D eigenvalue weighted by Crippen LogP contribution is 2.27. The normalized spacial score (nSPS) is 10.9. The van der Waals surface area contributed by atoms with Crippen LogP contribution in [0.2, 0.25) is 5.02 Å². The van der Waals surface area contributed by atoms with Crippen LogP contribution in [0.4, 0.5) is 0 Å². The lowest BCUT2D eigenvalue weighted by molar-refractivity contribution is 0.924. The number of H-pyrrole nitrogens is 1. The molecule has 0 atom stereocenters. The average molecular weight is 194 g/mol. The fourth-order valence-electron chi connectivity index (χ4n) is 1.60. The zero-order valence-corrected chi connectivity index (χ0v) is 8.36. The van der Waals surface area contributed by atoms with E-state index in [0.717, 1.165) is 28.8 Å². The van der Waals surface area contributed by atoms with Gasteiger partial charge in [-0.1, -0.05) is 31.0 Å². The first kappa shape index (κ1) is 8.64. The van der Waals surface area contributed by atoms with Gasteiger partial charge in [-0.3, -0.25) is 0 Å². The fourth-order valence-corrected chi connectivity index (χ4v) is 1.93. The van der Waals surface area contributed by atoms with Gasteiger partial charge in [0.15, 0.2) is 0 Å². The standard InChI is InChI=1S/C11H12ClN/c1-2-3-8-4-5-10-9(11(8)12)6-7-13-10/h4-7,13H,2-3H2,1H3. The molecule has 2 aromatic rings. The molecule has 0 aliphatic heterocycles. The molecule has 0 fully saturated rings. The molecule has 2 rings (SSSR count). The van der Waals surface area contributed by atoms with E-state index in [-0.39, 0.29) is 0 Å². The van der Waals surface area contributed by atoms with Gasteiger partial charge < -0.3 is 4.98 Å². The molecule has 1 N–H and O–H groups in total. The summed E-state index contributed by atoms with van der Waals surface area (Å²) >= 11 is 6.24. The van der Waals surface area contributed by atoms with Crippen LogP contribution in [0.5, 0.6) is 0 Å². The SMILES string of the molecule is CCCc1ccc2[nH]ccc2c1Cl. The van der Waals surface area contributed by atoms with Gasteiger partial charge in [0.2, 0.25) is 0 Å². The number of aryl methyl sites for hydroxylation is 1. The van der Waals surface area contributed by atoms with Crippen molar-refractivity contribution in [2.75, 3.05) is 0 Å². The molecule has 13 heavy (non-hydrogen) atoms. The highest BCUT2D eigenvalue weighted by atomic mass is 35.5. The van der Waals surface area contributed by atoms with E-state index in [9.17, 15) is 0 Å². The van der Waals surface area contributed by atoms with Gasteiger partial charge in [0.05, 0.1) is 5.02 Å². The van der Waals surface area contributed by atoms with E-state index >= 15 is 0 Å². The zero-order valence-electron chi connectivity index (χ0n) is 7.60. The molecule has 1 heterocycles. The summed E-state index contributed by atoms with van der Waals surface area (Å²) in [7, 11) is 0. The summed E-state index contributed by atoms with van der Waals surface area (Å²) in [6, 6.07) is 6.22. The second kappa shape index (κ2) is 3.43. The first-order chi connectivity index (χ1) is 6.33. The van der Waals surface area contributed by atoms with Gasteiger partial charge in [-0.15, -0.1) is 0 Å². The molecule has 1 aromatic carbocycles. The summed E-state index contributed by atoms with van der Waals surface area (Å²) in [6.45, 7) is 2.16. The molecule has 0 spiro atoms. The Kier molecular flexibility index (Phi) is 2.28. The minimum absolute atomic E-state index is 0.903. The number of benzene rings is 1. The lowest BCUT2D eigenvalue weighted by Crippen LogP contribution is -1.84. The summed E-state index contributed by atoms with van der Waals surface area (Å²) in [5.41, 5.74) is 2.36. The van der Waals surface area contributed by atoms with Crippen LogP contribution in [-0.4, -0.2) is 4.98 Å². The van der Waals surface area contributed by atoms with E-state index in [2.05, 4.69) is 24.0 Å². The van der Waals surface area contributed by atoms with Crippen LogP contribution in [0.3, 0.4) is 0 Å². The average Bonchev–Trinajstić information content (AvgIpc) is 2.58. The van der Waals surface area contributed by atoms with Crippen molar-refractivity contribution >= 4 is 22.5 Å². The Labute approximate surface area is 82.7 Å². The Balaban J connectivity index is 2.59. The van der Waals surface area contributed by atoms with Gasteiger partial charge in [0.25, 0.3) is 0 Å². The second-order valence-corrected chi connectivity index (χ2v) is 3.61. The second-order valence-electron chi connectivity index (χ2n) is 3.23. The van der Waals surface area contributed by atoms with E-state index in [1.165, 1.54) is 5.56 Å². The first-order valence-corrected chi connectivity index (χ1v) is 4.95. The maximum atomic E-state index is 6.24. The van der Waals surface area contributed by atoms with Gasteiger partial charge in [0.1, 0.15) is 0 Å². The fraction of sp³-hybridized carbons (Fsp3) is 0.273. The highest BCUT2D eigenvalue weighted by Gasteiger charge is 2.04. The van der Waals surface area contributed by atoms with E-state index < -0.39 is 0 Å². The molecular formula is C11H12ClN. The number of aromatic amines is 1. The zero-order chi connectivity index (χ0) is 9.26. The monoisotopic (exact) mass is 193 g/mol. The van der Waals surface area contributed by atoms with Crippen molar-refractivity contribution < 1.29 is 0 Å². The minimum Gasteiger partial charge on any atom is -0.361 e. The van der Waals surface area contributed by atoms with E-state index in [0.29, 0.717) is 0 Å². The van der Waals surface area contributed by atoms with Gasteiger partial charge >= 0.3 is 0 Å². The van der Waals surface area contributed by atoms with E-state index in [4.69, 9.17) is 11.6 Å². The van der Waals surface area contributed by atoms with Crippen LogP contribution in [0.15, 0.2) is 24.4 Å². The summed E-state index contributed by atoms with van der Waals surface area (Å²) in [5.74, 6) is 0. The summed E-state index contributed by atoms with van der Waals surface area (Å²) in [6.07, 6.45) is 4.11. The molecule has 0 saturated carbocycles. The Bertz CT molecular complexity index is 417. The van der Waals surface area contributed by atoms with Crippen LogP contribution in [0.25, 0.3) is 10.9 Å². The largest absolute Gasteiger partial charge is 0.361 e. The van der Waals surface area contributed by atoms with Crippen molar-refractivity contribution in [2.24, 2.45) is 0 Å². The van der Waals surface area contributed by atoms with Gasteiger partial charge in [-0.2, -0.15) is 0 Å². The molecule has 2 heteroatoms. The van der Waals surface area contributed by atoms with Crippen molar-refractivity contribution in [3.63, 3.8) is 0 Å². The molecule has 0 aliphatic rings. The number of hydrogen-bond acceptors (Lipinski definition) is 0. The minimum atomic E-state index is 0.903. The van der Waals surface area contributed by atoms with Crippen molar-refractivity contribution in [3.8, 4) is 0 Å². The molecule has 0 radical (unpaired) electrons. The number of hydrogen-bond donors (Lipinski definition) is 1. The van der Waals surface area contributed by atoms with Crippen LogP contribution in [0, 0.1) is 0 Å². The topological polar surface area (TPSA) is 15.8 Å². The molecule has 0 aliphatic carbocycles. The van der Waals surface area contributed by atoms with Gasteiger partial charge in [0, 0.05) is 17.1 Å². The van der Waals surface area contributed by atoms with Crippen LogP contribution >= 0.6 is 11.6 Å². The number of nitrogens with one attached hydrogen (secondary N) is 1. The van der Waals surface area contributed by atoms with Gasteiger partial charge in [-0.25, -0.2) is 0 Å². The third-order valence-corrected chi connectivity index (χ3v) is 2.71. The maximum absolute atomic E-state index is 6.24. The van der Waals surface area contributed by atoms with Crippen LogP contribution < -0.4 is 0 Å². The molecule has 1 nitrogen and oxygen atoms in total. The molecule has 0 bridgehead atoms. The lowest BCUT2D eigenvalue weighted by atomic mass is 10.1. The summed E-state index contributed by atoms with van der Waals surface area (Å²) in [4.78, 5) is 3.15. The van der Waals surface area contributed by atoms with Crippen molar-refractivity contribution in [2.45, 2.75) is 19.8 Å². The number of aromatic nitrogens is 1. The van der Waals surface area contributed by atoms with Crippen LogP contribution in [-0.2, 0) is 6.42 Å². The quantitative estimate of drug-likeness (QED) is 0.748. The molecule has 0 saturated heterocycles. The molecular weight excluding hydrogens is 182 g/mol. The Morgan fingerprint density at radius 3 is 2.92 bits per heavy atom. The molecule has 0 unspecified atom stereocenters. The van der Waals surface area contributed by atoms with Crippen molar-refractivity contribution in [3.05, 3.63) is 35.0 Å². The Morgan fingerprint density at radius 1 is 1.31 bits per heavy atom. The highest BCUT2D eigenvalue weighted by molar-refractivity contribution is 6.36. The number of rotatable bonds is 2. The predicted octanol–water partition coefficient (Wildman–Crippen LogP) is 3.77. The Hall–Kier alpha value is -0.950. The maximum Gasteiger partial charge on any atom is 0.0531 e. The van der Waals surface area contributed by atoms with E-state index in [1.807, 2.05) is 12.3 Å². The molecule has 0 amide bonds. The number of fused-ring (bicyclic) bond motifs is 1. The third kappa shape index (κ3) is 1.44. The molecule has 1 aromatic heterocycles. The van der Waals surface area contributed by atoms with Crippen LogP contribution in [0.1, 0.15) is 18.9 Å².